The minimum absolute atomic E-state index is 0.218. The van der Waals surface area contributed by atoms with E-state index in [1.165, 1.54) is 12.1 Å². The molecule has 78 valence electrons. The van der Waals surface area contributed by atoms with Crippen LogP contribution in [0.2, 0.25) is 0 Å². The molecule has 0 aliphatic rings. The van der Waals surface area contributed by atoms with Crippen molar-refractivity contribution in [2.24, 2.45) is 0 Å². The van der Waals surface area contributed by atoms with Gasteiger partial charge in [-0.05, 0) is 24.3 Å². The van der Waals surface area contributed by atoms with Gasteiger partial charge < -0.3 is 4.42 Å². The van der Waals surface area contributed by atoms with Crippen LogP contribution in [0.1, 0.15) is 0 Å². The summed E-state index contributed by atoms with van der Waals surface area (Å²) in [6, 6.07) is 5.89. The van der Waals surface area contributed by atoms with Gasteiger partial charge in [0.05, 0.1) is 4.90 Å². The molecule has 0 saturated carbocycles. The largest absolute Gasteiger partial charge is 0.423 e. The molecule has 0 saturated heterocycles. The average molecular weight is 228 g/mol. The maximum atomic E-state index is 12.6. The van der Waals surface area contributed by atoms with E-state index >= 15 is 0 Å². The van der Waals surface area contributed by atoms with Gasteiger partial charge in [-0.1, -0.05) is 0 Å². The predicted molar refractivity (Wildman–Crippen MR) is 50.8 cm³/mol. The first-order valence-corrected chi connectivity index (χ1v) is 5.34. The average Bonchev–Trinajstić information content (AvgIpc) is 2.15. The Kier molecular flexibility index (Phi) is 2.08. The van der Waals surface area contributed by atoms with E-state index in [1.807, 2.05) is 0 Å². The van der Waals surface area contributed by atoms with E-state index in [0.717, 1.165) is 18.2 Å². The van der Waals surface area contributed by atoms with E-state index in [2.05, 4.69) is 0 Å². The molecule has 0 spiro atoms. The molecule has 2 aromatic rings. The highest BCUT2D eigenvalue weighted by molar-refractivity contribution is 7.86. The zero-order chi connectivity index (χ0) is 11.1. The molecule has 1 aromatic heterocycles. The van der Waals surface area contributed by atoms with Gasteiger partial charge >= 0.3 is 15.8 Å². The summed E-state index contributed by atoms with van der Waals surface area (Å²) in [5, 5.41) is 0.355. The fourth-order valence-electron chi connectivity index (χ4n) is 1.20. The second-order valence-corrected chi connectivity index (χ2v) is 4.24. The molecule has 1 aromatic carbocycles. The van der Waals surface area contributed by atoms with E-state index < -0.39 is 20.7 Å². The van der Waals surface area contributed by atoms with Crippen LogP contribution in [0.4, 0.5) is 3.89 Å². The van der Waals surface area contributed by atoms with Crippen LogP contribution >= 0.6 is 0 Å². The second kappa shape index (κ2) is 3.16. The molecule has 2 rings (SSSR count). The van der Waals surface area contributed by atoms with Crippen LogP contribution in [-0.2, 0) is 10.2 Å². The summed E-state index contributed by atoms with van der Waals surface area (Å²) < 4.78 is 38.5. The van der Waals surface area contributed by atoms with Gasteiger partial charge in [-0.2, -0.15) is 8.42 Å². The van der Waals surface area contributed by atoms with Gasteiger partial charge in [0.1, 0.15) is 5.58 Å². The van der Waals surface area contributed by atoms with Crippen LogP contribution in [0.15, 0.2) is 44.4 Å². The van der Waals surface area contributed by atoms with Crippen LogP contribution in [-0.4, -0.2) is 8.42 Å². The van der Waals surface area contributed by atoms with E-state index in [4.69, 9.17) is 4.42 Å². The van der Waals surface area contributed by atoms with Crippen molar-refractivity contribution in [3.8, 4) is 0 Å². The highest BCUT2D eigenvalue weighted by Gasteiger charge is 2.12. The maximum Gasteiger partial charge on any atom is 0.336 e. The molecule has 6 heteroatoms. The Morgan fingerprint density at radius 3 is 2.53 bits per heavy atom. The maximum absolute atomic E-state index is 12.6. The van der Waals surface area contributed by atoms with Crippen molar-refractivity contribution in [3.63, 3.8) is 0 Å². The standard InChI is InChI=1S/C9H5FO4S/c10-15(12,13)7-2-3-8-6(5-7)1-4-9(11)14-8/h1-5H. The molecule has 0 aliphatic heterocycles. The third-order valence-corrected chi connectivity index (χ3v) is 2.69. The summed E-state index contributed by atoms with van der Waals surface area (Å²) in [7, 11) is -4.72. The third kappa shape index (κ3) is 1.89. The Morgan fingerprint density at radius 1 is 1.13 bits per heavy atom. The number of benzene rings is 1. The Labute approximate surface area is 84.2 Å². The van der Waals surface area contributed by atoms with Gasteiger partial charge in [0.25, 0.3) is 0 Å². The molecule has 1 heterocycles. The molecule has 0 fully saturated rings. The fourth-order valence-corrected chi connectivity index (χ4v) is 1.70. The highest BCUT2D eigenvalue weighted by Crippen LogP contribution is 2.18. The summed E-state index contributed by atoms with van der Waals surface area (Å²) in [5.41, 5.74) is -0.326. The molecule has 0 N–H and O–H groups in total. The minimum atomic E-state index is -4.72. The fraction of sp³-hybridized carbons (Fsp3) is 0. The van der Waals surface area contributed by atoms with Crippen molar-refractivity contribution in [2.75, 3.05) is 0 Å². The number of hydrogen-bond acceptors (Lipinski definition) is 4. The number of fused-ring (bicyclic) bond motifs is 1. The van der Waals surface area contributed by atoms with Gasteiger partial charge in [0, 0.05) is 11.5 Å². The zero-order valence-electron chi connectivity index (χ0n) is 7.31. The second-order valence-electron chi connectivity index (χ2n) is 2.89. The molecule has 0 aliphatic carbocycles. The van der Waals surface area contributed by atoms with E-state index in [-0.39, 0.29) is 5.58 Å². The van der Waals surface area contributed by atoms with Crippen LogP contribution in [0.3, 0.4) is 0 Å². The lowest BCUT2D eigenvalue weighted by Gasteiger charge is -1.97. The quantitative estimate of drug-likeness (QED) is 0.547. The Morgan fingerprint density at radius 2 is 1.87 bits per heavy atom. The van der Waals surface area contributed by atoms with Crippen LogP contribution < -0.4 is 5.63 Å². The zero-order valence-corrected chi connectivity index (χ0v) is 8.12. The first kappa shape index (κ1) is 9.85. The monoisotopic (exact) mass is 228 g/mol. The Bertz CT molecular complexity index is 672. The summed E-state index contributed by atoms with van der Waals surface area (Å²) in [5.74, 6) is 0. The van der Waals surface area contributed by atoms with Crippen molar-refractivity contribution in [1.82, 2.24) is 0 Å². The SMILES string of the molecule is O=c1ccc2cc(S(=O)(=O)F)ccc2o1. The molecule has 0 bridgehead atoms. The Balaban J connectivity index is 2.78. The Hall–Kier alpha value is -1.69. The van der Waals surface area contributed by atoms with Crippen LogP contribution in [0.5, 0.6) is 0 Å². The first-order valence-electron chi connectivity index (χ1n) is 3.95. The molecule has 0 atom stereocenters. The predicted octanol–water partition coefficient (Wildman–Crippen LogP) is 1.45. The van der Waals surface area contributed by atoms with E-state index in [1.54, 1.807) is 0 Å². The summed E-state index contributed by atoms with van der Waals surface area (Å²) in [6.45, 7) is 0. The number of hydrogen-bond donors (Lipinski definition) is 0. The molecule has 0 radical (unpaired) electrons. The molecule has 4 nitrogen and oxygen atoms in total. The minimum Gasteiger partial charge on any atom is -0.423 e. The van der Waals surface area contributed by atoms with E-state index in [0.29, 0.717) is 5.39 Å². The summed E-state index contributed by atoms with van der Waals surface area (Å²) >= 11 is 0. The smallest absolute Gasteiger partial charge is 0.336 e. The molecule has 0 amide bonds. The molecule has 15 heavy (non-hydrogen) atoms. The van der Waals surface area contributed by atoms with Crippen molar-refractivity contribution in [1.29, 1.82) is 0 Å². The third-order valence-electron chi connectivity index (χ3n) is 1.87. The summed E-state index contributed by atoms with van der Waals surface area (Å²) in [6.07, 6.45) is 0. The molecule has 0 unspecified atom stereocenters. The van der Waals surface area contributed by atoms with E-state index in [9.17, 15) is 17.1 Å². The topological polar surface area (TPSA) is 64.3 Å². The van der Waals surface area contributed by atoms with Gasteiger partial charge in [-0.25, -0.2) is 4.79 Å². The first-order chi connectivity index (χ1) is 6.97. The lowest BCUT2D eigenvalue weighted by molar-refractivity contribution is 0.551. The van der Waals surface area contributed by atoms with Crippen molar-refractivity contribution >= 4 is 21.2 Å². The lowest BCUT2D eigenvalue weighted by atomic mass is 10.2. The number of rotatable bonds is 1. The molecular formula is C9H5FO4S. The van der Waals surface area contributed by atoms with Gasteiger partial charge in [-0.15, -0.1) is 3.89 Å². The van der Waals surface area contributed by atoms with Crippen molar-refractivity contribution in [2.45, 2.75) is 4.90 Å². The van der Waals surface area contributed by atoms with Crippen molar-refractivity contribution in [3.05, 3.63) is 40.8 Å². The van der Waals surface area contributed by atoms with Gasteiger partial charge in [0.2, 0.25) is 0 Å². The highest BCUT2D eigenvalue weighted by atomic mass is 32.3. The molecular weight excluding hydrogens is 223 g/mol. The van der Waals surface area contributed by atoms with Crippen LogP contribution in [0.25, 0.3) is 11.0 Å². The van der Waals surface area contributed by atoms with Crippen molar-refractivity contribution < 1.29 is 16.7 Å². The lowest BCUT2D eigenvalue weighted by Crippen LogP contribution is -1.96. The van der Waals surface area contributed by atoms with Gasteiger partial charge in [-0.3, -0.25) is 0 Å². The van der Waals surface area contributed by atoms with Gasteiger partial charge in [0.15, 0.2) is 0 Å². The normalized spacial score (nSPS) is 11.8. The summed E-state index contributed by atoms with van der Waals surface area (Å²) in [4.78, 5) is 10.4. The number of halogens is 1. The van der Waals surface area contributed by atoms with Crippen LogP contribution in [0, 0.1) is 0 Å².